The molecule has 1 atom stereocenters. The predicted octanol–water partition coefficient (Wildman–Crippen LogP) is 4.64. The summed E-state index contributed by atoms with van der Waals surface area (Å²) in [7, 11) is -3.54. The summed E-state index contributed by atoms with van der Waals surface area (Å²) < 4.78 is 28.0. The lowest BCUT2D eigenvalue weighted by atomic mass is 9.86. The first-order chi connectivity index (χ1) is 11.0. The molecule has 3 nitrogen and oxygen atoms in total. The molecule has 0 bridgehead atoms. The van der Waals surface area contributed by atoms with Gasteiger partial charge in [-0.25, -0.2) is 13.1 Å². The lowest BCUT2D eigenvalue weighted by Gasteiger charge is -2.21. The van der Waals surface area contributed by atoms with Gasteiger partial charge in [0, 0.05) is 6.04 Å². The molecule has 0 aliphatic heterocycles. The average molecular weight is 346 g/mol. The molecule has 0 heterocycles. The van der Waals surface area contributed by atoms with Crippen LogP contribution in [-0.2, 0) is 15.4 Å². The topological polar surface area (TPSA) is 46.2 Å². The van der Waals surface area contributed by atoms with E-state index in [2.05, 4.69) is 37.6 Å². The SMILES string of the molecule is Cc1ccc(S(=O)(=O)NC(C)c2ccc(C(C)(C)C)cc2)cc1C. The van der Waals surface area contributed by atoms with Crippen LogP contribution >= 0.6 is 0 Å². The normalized spacial score (nSPS) is 13.8. The first-order valence-electron chi connectivity index (χ1n) is 8.21. The minimum atomic E-state index is -3.54. The molecule has 130 valence electrons. The fourth-order valence-corrected chi connectivity index (χ4v) is 3.84. The highest BCUT2D eigenvalue weighted by molar-refractivity contribution is 7.89. The molecule has 24 heavy (non-hydrogen) atoms. The second-order valence-corrected chi connectivity index (χ2v) is 9.18. The van der Waals surface area contributed by atoms with Crippen molar-refractivity contribution in [2.75, 3.05) is 0 Å². The number of nitrogens with one attached hydrogen (secondary N) is 1. The quantitative estimate of drug-likeness (QED) is 0.877. The van der Waals surface area contributed by atoms with Gasteiger partial charge in [0.25, 0.3) is 0 Å². The maximum Gasteiger partial charge on any atom is 0.241 e. The molecule has 0 radical (unpaired) electrons. The summed E-state index contributed by atoms with van der Waals surface area (Å²) in [4.78, 5) is 0.309. The smallest absolute Gasteiger partial charge is 0.207 e. The Bertz CT molecular complexity index is 816. The fourth-order valence-electron chi connectivity index (χ4n) is 2.52. The van der Waals surface area contributed by atoms with E-state index in [1.165, 1.54) is 5.56 Å². The van der Waals surface area contributed by atoms with Gasteiger partial charge < -0.3 is 0 Å². The highest BCUT2D eigenvalue weighted by Crippen LogP contribution is 2.25. The third-order valence-electron chi connectivity index (χ3n) is 4.40. The second kappa shape index (κ2) is 6.69. The molecule has 0 fully saturated rings. The number of aryl methyl sites for hydroxylation is 2. The minimum Gasteiger partial charge on any atom is -0.207 e. The lowest BCUT2D eigenvalue weighted by molar-refractivity contribution is 0.565. The van der Waals surface area contributed by atoms with Crippen molar-refractivity contribution < 1.29 is 8.42 Å². The molecule has 0 saturated carbocycles. The van der Waals surface area contributed by atoms with Crippen LogP contribution in [0.15, 0.2) is 47.4 Å². The van der Waals surface area contributed by atoms with Crippen LogP contribution in [0.4, 0.5) is 0 Å². The van der Waals surface area contributed by atoms with E-state index in [-0.39, 0.29) is 11.5 Å². The van der Waals surface area contributed by atoms with E-state index in [4.69, 9.17) is 0 Å². The Morgan fingerprint density at radius 1 is 0.917 bits per heavy atom. The van der Waals surface area contributed by atoms with Gasteiger partial charge in [0.05, 0.1) is 4.90 Å². The molecule has 4 heteroatoms. The first-order valence-corrected chi connectivity index (χ1v) is 9.69. The van der Waals surface area contributed by atoms with Crippen LogP contribution in [0.2, 0.25) is 0 Å². The van der Waals surface area contributed by atoms with Gasteiger partial charge in [0.15, 0.2) is 0 Å². The number of rotatable bonds is 4. The van der Waals surface area contributed by atoms with E-state index in [0.29, 0.717) is 4.90 Å². The van der Waals surface area contributed by atoms with Gasteiger partial charge in [-0.1, -0.05) is 51.1 Å². The molecule has 0 amide bonds. The zero-order valence-corrected chi connectivity index (χ0v) is 16.2. The van der Waals surface area contributed by atoms with Gasteiger partial charge >= 0.3 is 0 Å². The Kier molecular flexibility index (Phi) is 5.21. The van der Waals surface area contributed by atoms with Crippen molar-refractivity contribution in [1.82, 2.24) is 4.72 Å². The summed E-state index contributed by atoms with van der Waals surface area (Å²) in [5, 5.41) is 0. The van der Waals surface area contributed by atoms with Crippen molar-refractivity contribution >= 4 is 10.0 Å². The highest BCUT2D eigenvalue weighted by atomic mass is 32.2. The summed E-state index contributed by atoms with van der Waals surface area (Å²) in [6.07, 6.45) is 0. The Hall–Kier alpha value is -1.65. The number of hydrogen-bond acceptors (Lipinski definition) is 2. The van der Waals surface area contributed by atoms with Gasteiger partial charge in [0.2, 0.25) is 10.0 Å². The lowest BCUT2D eigenvalue weighted by Crippen LogP contribution is -2.27. The minimum absolute atomic E-state index is 0.0840. The molecule has 2 aromatic carbocycles. The maximum absolute atomic E-state index is 12.6. The molecule has 0 aromatic heterocycles. The van der Waals surface area contributed by atoms with E-state index in [1.807, 2.05) is 39.0 Å². The monoisotopic (exact) mass is 345 g/mol. The Morgan fingerprint density at radius 3 is 2.00 bits per heavy atom. The fraction of sp³-hybridized carbons (Fsp3) is 0.400. The molecule has 0 spiro atoms. The zero-order chi connectivity index (χ0) is 18.1. The maximum atomic E-state index is 12.6. The van der Waals surface area contributed by atoms with E-state index >= 15 is 0 Å². The molecule has 0 saturated heterocycles. The van der Waals surface area contributed by atoms with E-state index < -0.39 is 10.0 Å². The van der Waals surface area contributed by atoms with Gasteiger partial charge in [-0.2, -0.15) is 0 Å². The largest absolute Gasteiger partial charge is 0.241 e. The predicted molar refractivity (Wildman–Crippen MR) is 99.8 cm³/mol. The van der Waals surface area contributed by atoms with Gasteiger partial charge in [0.1, 0.15) is 0 Å². The van der Waals surface area contributed by atoms with E-state index in [1.54, 1.807) is 12.1 Å². The second-order valence-electron chi connectivity index (χ2n) is 7.46. The number of hydrogen-bond donors (Lipinski definition) is 1. The molecular formula is C20H27NO2S. The molecule has 2 aromatic rings. The summed E-state index contributed by atoms with van der Waals surface area (Å²) in [5.41, 5.74) is 4.33. The van der Waals surface area contributed by atoms with Crippen LogP contribution in [0.5, 0.6) is 0 Å². The van der Waals surface area contributed by atoms with Crippen molar-refractivity contribution in [2.24, 2.45) is 0 Å². The van der Waals surface area contributed by atoms with Crippen molar-refractivity contribution in [2.45, 2.75) is 57.9 Å². The third kappa shape index (κ3) is 4.25. The van der Waals surface area contributed by atoms with Crippen LogP contribution in [0.3, 0.4) is 0 Å². The molecule has 0 aliphatic carbocycles. The molecular weight excluding hydrogens is 318 g/mol. The van der Waals surface area contributed by atoms with Crippen LogP contribution in [0.1, 0.15) is 56.0 Å². The zero-order valence-electron chi connectivity index (χ0n) is 15.3. The standard InChI is InChI=1S/C20H27NO2S/c1-14-7-12-19(13-15(14)2)24(22,23)21-16(3)17-8-10-18(11-9-17)20(4,5)6/h7-13,16,21H,1-6H3. The Labute approximate surface area is 146 Å². The summed E-state index contributed by atoms with van der Waals surface area (Å²) >= 11 is 0. The average Bonchev–Trinajstić information content (AvgIpc) is 2.48. The van der Waals surface area contributed by atoms with Gasteiger partial charge in [-0.3, -0.25) is 0 Å². The van der Waals surface area contributed by atoms with Crippen LogP contribution in [0, 0.1) is 13.8 Å². The van der Waals surface area contributed by atoms with Gasteiger partial charge in [-0.15, -0.1) is 0 Å². The van der Waals surface area contributed by atoms with Crippen molar-refractivity contribution in [1.29, 1.82) is 0 Å². The van der Waals surface area contributed by atoms with E-state index in [0.717, 1.165) is 16.7 Å². The third-order valence-corrected chi connectivity index (χ3v) is 5.94. The Balaban J connectivity index is 2.21. The van der Waals surface area contributed by atoms with Crippen LogP contribution < -0.4 is 4.72 Å². The van der Waals surface area contributed by atoms with E-state index in [9.17, 15) is 8.42 Å². The van der Waals surface area contributed by atoms with Crippen molar-refractivity contribution in [3.8, 4) is 0 Å². The number of sulfonamides is 1. The summed E-state index contributed by atoms with van der Waals surface area (Å²) in [5.74, 6) is 0. The van der Waals surface area contributed by atoms with Crippen molar-refractivity contribution in [3.05, 3.63) is 64.7 Å². The molecule has 1 unspecified atom stereocenters. The van der Waals surface area contributed by atoms with Crippen molar-refractivity contribution in [3.63, 3.8) is 0 Å². The molecule has 1 N–H and O–H groups in total. The summed E-state index contributed by atoms with van der Waals surface area (Å²) in [6, 6.07) is 13.0. The van der Waals surface area contributed by atoms with Crippen LogP contribution in [-0.4, -0.2) is 8.42 Å². The first kappa shape index (κ1) is 18.7. The highest BCUT2D eigenvalue weighted by Gasteiger charge is 2.20. The van der Waals surface area contributed by atoms with Gasteiger partial charge in [-0.05, 0) is 60.6 Å². The molecule has 2 rings (SSSR count). The Morgan fingerprint density at radius 2 is 1.50 bits per heavy atom. The van der Waals surface area contributed by atoms with Crippen LogP contribution in [0.25, 0.3) is 0 Å². The number of benzene rings is 2. The molecule has 0 aliphatic rings. The summed E-state index contributed by atoms with van der Waals surface area (Å²) in [6.45, 7) is 12.2.